The smallest absolute Gasteiger partial charge is 0.408 e. The molecule has 0 spiro atoms. The van der Waals surface area contributed by atoms with E-state index in [0.29, 0.717) is 27.3 Å². The first-order chi connectivity index (χ1) is 18.3. The Morgan fingerprint density at radius 2 is 1.76 bits per heavy atom. The van der Waals surface area contributed by atoms with E-state index in [2.05, 4.69) is 21.2 Å². The van der Waals surface area contributed by atoms with Crippen molar-refractivity contribution in [2.45, 2.75) is 24.7 Å². The fraction of sp³-hybridized carbons (Fsp3) is 0.250. The van der Waals surface area contributed by atoms with Gasteiger partial charge in [0.1, 0.15) is 23.3 Å². The highest BCUT2D eigenvalue weighted by atomic mass is 79.9. The SMILES string of the molecule is COC(=O)[C@H](Cc1ccccc1)NC(=O)O[C@@H]1C(=O)c2cc(OC)ccc2O[C@H]1c1ccc(OC)c(Br)c1. The van der Waals surface area contributed by atoms with Crippen LogP contribution >= 0.6 is 15.9 Å². The van der Waals surface area contributed by atoms with Crippen LogP contribution in [0, 0.1) is 0 Å². The molecule has 9 nitrogen and oxygen atoms in total. The summed E-state index contributed by atoms with van der Waals surface area (Å²) in [6.07, 6.45) is -3.12. The van der Waals surface area contributed by atoms with E-state index in [9.17, 15) is 14.4 Å². The topological polar surface area (TPSA) is 109 Å². The average molecular weight is 584 g/mol. The van der Waals surface area contributed by atoms with E-state index in [1.54, 1.807) is 30.3 Å². The van der Waals surface area contributed by atoms with E-state index in [0.717, 1.165) is 5.56 Å². The minimum Gasteiger partial charge on any atom is -0.497 e. The first-order valence-corrected chi connectivity index (χ1v) is 12.4. The molecule has 0 fully saturated rings. The molecule has 0 aliphatic carbocycles. The summed E-state index contributed by atoms with van der Waals surface area (Å²) in [5.74, 6) is 0.225. The molecular formula is C28H26BrNO8. The summed E-state index contributed by atoms with van der Waals surface area (Å²) >= 11 is 3.45. The Morgan fingerprint density at radius 3 is 2.42 bits per heavy atom. The van der Waals surface area contributed by atoms with Crippen LogP contribution in [0.3, 0.4) is 0 Å². The molecule has 1 N–H and O–H groups in total. The van der Waals surface area contributed by atoms with E-state index >= 15 is 0 Å². The van der Waals surface area contributed by atoms with E-state index in [1.807, 2.05) is 30.3 Å². The van der Waals surface area contributed by atoms with Gasteiger partial charge in [0.15, 0.2) is 6.10 Å². The van der Waals surface area contributed by atoms with Crippen molar-refractivity contribution in [2.24, 2.45) is 0 Å². The zero-order valence-corrected chi connectivity index (χ0v) is 22.5. The molecule has 0 saturated heterocycles. The van der Waals surface area contributed by atoms with Crippen molar-refractivity contribution in [1.82, 2.24) is 5.32 Å². The lowest BCUT2D eigenvalue weighted by molar-refractivity contribution is -0.143. The van der Waals surface area contributed by atoms with Gasteiger partial charge in [-0.25, -0.2) is 9.59 Å². The Morgan fingerprint density at radius 1 is 1.00 bits per heavy atom. The molecule has 0 aromatic heterocycles. The van der Waals surface area contributed by atoms with Gasteiger partial charge >= 0.3 is 12.1 Å². The lowest BCUT2D eigenvalue weighted by atomic mass is 9.93. The quantitative estimate of drug-likeness (QED) is 0.381. The zero-order chi connectivity index (χ0) is 27.2. The molecule has 0 saturated carbocycles. The number of carbonyl (C=O) groups excluding carboxylic acids is 3. The number of halogens is 1. The van der Waals surface area contributed by atoms with Gasteiger partial charge in [-0.2, -0.15) is 0 Å². The number of rotatable bonds is 8. The van der Waals surface area contributed by atoms with Crippen molar-refractivity contribution in [3.8, 4) is 17.2 Å². The number of benzene rings is 3. The summed E-state index contributed by atoms with van der Waals surface area (Å²) in [5.41, 5.74) is 1.58. The molecule has 0 unspecified atom stereocenters. The van der Waals surface area contributed by atoms with Gasteiger partial charge in [-0.1, -0.05) is 36.4 Å². The summed E-state index contributed by atoms with van der Waals surface area (Å²) in [4.78, 5) is 39.1. The van der Waals surface area contributed by atoms with Gasteiger partial charge in [-0.15, -0.1) is 0 Å². The Balaban J connectivity index is 1.63. The molecule has 38 heavy (non-hydrogen) atoms. The first kappa shape index (κ1) is 27.0. The van der Waals surface area contributed by atoms with Crippen LogP contribution < -0.4 is 19.5 Å². The largest absolute Gasteiger partial charge is 0.497 e. The van der Waals surface area contributed by atoms with Crippen molar-refractivity contribution < 1.29 is 38.1 Å². The maximum absolute atomic E-state index is 13.6. The monoisotopic (exact) mass is 583 g/mol. The Bertz CT molecular complexity index is 1330. The second kappa shape index (κ2) is 12.0. The van der Waals surface area contributed by atoms with Gasteiger partial charge in [-0.3, -0.25) is 4.79 Å². The summed E-state index contributed by atoms with van der Waals surface area (Å²) < 4.78 is 27.8. The minimum absolute atomic E-state index is 0.173. The van der Waals surface area contributed by atoms with E-state index in [1.165, 1.54) is 27.4 Å². The lowest BCUT2D eigenvalue weighted by Crippen LogP contribution is -2.47. The van der Waals surface area contributed by atoms with Crippen LogP contribution in [-0.2, 0) is 20.7 Å². The molecular weight excluding hydrogens is 558 g/mol. The second-order valence-electron chi connectivity index (χ2n) is 8.39. The van der Waals surface area contributed by atoms with Gasteiger partial charge in [0, 0.05) is 6.42 Å². The summed E-state index contributed by atoms with van der Waals surface area (Å²) in [7, 11) is 4.25. The number of nitrogens with one attached hydrogen (secondary N) is 1. The molecule has 0 bridgehead atoms. The lowest BCUT2D eigenvalue weighted by Gasteiger charge is -2.33. The molecule has 3 aromatic carbocycles. The molecule has 1 amide bonds. The predicted octanol–water partition coefficient (Wildman–Crippen LogP) is 4.66. The number of alkyl carbamates (subject to hydrolysis) is 1. The van der Waals surface area contributed by atoms with Crippen LogP contribution in [0.5, 0.6) is 17.2 Å². The molecule has 1 aliphatic rings. The number of fused-ring (bicyclic) bond motifs is 1. The van der Waals surface area contributed by atoms with Crippen LogP contribution in [0.1, 0.15) is 27.6 Å². The zero-order valence-electron chi connectivity index (χ0n) is 20.9. The Labute approximate surface area is 228 Å². The van der Waals surface area contributed by atoms with Crippen molar-refractivity contribution >= 4 is 33.8 Å². The van der Waals surface area contributed by atoms with Crippen LogP contribution in [0.2, 0.25) is 0 Å². The fourth-order valence-corrected chi connectivity index (χ4v) is 4.67. The highest BCUT2D eigenvalue weighted by molar-refractivity contribution is 9.10. The highest BCUT2D eigenvalue weighted by Crippen LogP contribution is 2.40. The number of esters is 1. The van der Waals surface area contributed by atoms with Gasteiger partial charge < -0.3 is 29.0 Å². The summed E-state index contributed by atoms with van der Waals surface area (Å²) in [6, 6.07) is 18.1. The maximum Gasteiger partial charge on any atom is 0.408 e. The first-order valence-electron chi connectivity index (χ1n) is 11.7. The highest BCUT2D eigenvalue weighted by Gasteiger charge is 2.42. The molecule has 198 valence electrons. The van der Waals surface area contributed by atoms with Crippen molar-refractivity contribution in [3.63, 3.8) is 0 Å². The molecule has 1 heterocycles. The average Bonchev–Trinajstić information content (AvgIpc) is 2.94. The Hall–Kier alpha value is -4.05. The number of methoxy groups -OCH3 is 3. The van der Waals surface area contributed by atoms with E-state index < -0.39 is 36.1 Å². The number of hydrogen-bond acceptors (Lipinski definition) is 8. The third-order valence-electron chi connectivity index (χ3n) is 6.04. The number of amides is 1. The Kier molecular flexibility index (Phi) is 8.52. The normalized spacial score (nSPS) is 16.9. The molecule has 10 heteroatoms. The van der Waals surface area contributed by atoms with E-state index in [-0.39, 0.29) is 12.0 Å². The minimum atomic E-state index is -1.36. The van der Waals surface area contributed by atoms with Crippen LogP contribution in [0.25, 0.3) is 0 Å². The molecule has 4 rings (SSSR count). The van der Waals surface area contributed by atoms with Crippen LogP contribution in [0.15, 0.2) is 71.2 Å². The molecule has 1 aliphatic heterocycles. The third-order valence-corrected chi connectivity index (χ3v) is 6.66. The van der Waals surface area contributed by atoms with Gasteiger partial charge in [0.25, 0.3) is 0 Å². The predicted molar refractivity (Wildman–Crippen MR) is 141 cm³/mol. The number of ether oxygens (including phenoxy) is 5. The van der Waals surface area contributed by atoms with Crippen LogP contribution in [0.4, 0.5) is 4.79 Å². The molecule has 3 atom stereocenters. The summed E-state index contributed by atoms with van der Waals surface area (Å²) in [5, 5.41) is 2.53. The van der Waals surface area contributed by atoms with Gasteiger partial charge in [-0.05, 0) is 57.4 Å². The molecule has 3 aromatic rings. The summed E-state index contributed by atoms with van der Waals surface area (Å²) in [6.45, 7) is 0. The number of carbonyl (C=O) groups is 3. The van der Waals surface area contributed by atoms with E-state index in [4.69, 9.17) is 23.7 Å². The number of ketones is 1. The maximum atomic E-state index is 13.6. The number of Topliss-reactive ketones (excluding diaryl/α,β-unsaturated/α-hetero) is 1. The second-order valence-corrected chi connectivity index (χ2v) is 9.25. The fourth-order valence-electron chi connectivity index (χ4n) is 4.12. The van der Waals surface area contributed by atoms with Gasteiger partial charge in [0.2, 0.25) is 11.9 Å². The standard InChI is InChI=1S/C28H26BrNO8/c1-34-18-10-12-22-19(15-18)24(31)26(25(37-22)17-9-11-23(35-2)20(29)14-17)38-28(33)30-21(27(32)36-3)13-16-7-5-4-6-8-16/h4-12,14-15,21,25-26H,13H2,1-3H3,(H,30,33)/t21-,25-,26+/m0/s1. The van der Waals surface area contributed by atoms with Gasteiger partial charge in [0.05, 0.1) is 31.4 Å². The number of hydrogen-bond donors (Lipinski definition) is 1. The third kappa shape index (κ3) is 5.91. The van der Waals surface area contributed by atoms with Crippen molar-refractivity contribution in [3.05, 3.63) is 87.9 Å². The van der Waals surface area contributed by atoms with Crippen LogP contribution in [-0.4, -0.2) is 51.3 Å². The van der Waals surface area contributed by atoms with Crippen molar-refractivity contribution in [2.75, 3.05) is 21.3 Å². The molecule has 0 radical (unpaired) electrons. The van der Waals surface area contributed by atoms with Crippen molar-refractivity contribution in [1.29, 1.82) is 0 Å².